The molecule has 2 heterocycles. The van der Waals surface area contributed by atoms with Crippen LogP contribution >= 0.6 is 0 Å². The highest BCUT2D eigenvalue weighted by atomic mass is 16.3. The van der Waals surface area contributed by atoms with Crippen molar-refractivity contribution >= 4 is 10.9 Å². The molecule has 0 aliphatic carbocycles. The quantitative estimate of drug-likeness (QED) is 0.756. The largest absolute Gasteiger partial charge is 0.394 e. The van der Waals surface area contributed by atoms with E-state index in [2.05, 4.69) is 26.8 Å². The summed E-state index contributed by atoms with van der Waals surface area (Å²) >= 11 is 0. The summed E-state index contributed by atoms with van der Waals surface area (Å²) in [5.74, 6) is 0.792. The first-order chi connectivity index (χ1) is 8.81. The molecule has 18 heavy (non-hydrogen) atoms. The van der Waals surface area contributed by atoms with E-state index in [1.54, 1.807) is 4.68 Å². The number of aliphatic hydroxyl groups excluding tert-OH is 1. The van der Waals surface area contributed by atoms with E-state index in [0.29, 0.717) is 6.54 Å². The van der Waals surface area contributed by atoms with Crippen LogP contribution in [0.4, 0.5) is 0 Å². The van der Waals surface area contributed by atoms with Crippen LogP contribution in [0.3, 0.4) is 0 Å². The van der Waals surface area contributed by atoms with Crippen LogP contribution in [0.25, 0.3) is 22.3 Å². The molecule has 0 saturated carbocycles. The first-order valence-corrected chi connectivity index (χ1v) is 5.84. The maximum Gasteiger partial charge on any atom is 0.158 e. The smallest absolute Gasteiger partial charge is 0.158 e. The van der Waals surface area contributed by atoms with Crippen molar-refractivity contribution < 1.29 is 5.11 Å². The van der Waals surface area contributed by atoms with Crippen LogP contribution in [0, 0.1) is 0 Å². The number of aliphatic hydroxyl groups is 1. The number of aryl methyl sites for hydroxylation is 1. The van der Waals surface area contributed by atoms with Gasteiger partial charge >= 0.3 is 0 Å². The molecule has 0 spiro atoms. The second kappa shape index (κ2) is 4.27. The predicted octanol–water partition coefficient (Wildman–Crippen LogP) is 1.43. The molecule has 3 aromatic rings. The van der Waals surface area contributed by atoms with Gasteiger partial charge in [0.15, 0.2) is 5.82 Å². The SMILES string of the molecule is Cn1ccc2c(-c3ncnn3CCO)cccc21. The third kappa shape index (κ3) is 1.60. The Balaban J connectivity index is 2.22. The van der Waals surface area contributed by atoms with Crippen LogP contribution in [0.15, 0.2) is 36.8 Å². The van der Waals surface area contributed by atoms with Gasteiger partial charge in [-0.05, 0) is 12.1 Å². The van der Waals surface area contributed by atoms with Crippen LogP contribution in [-0.4, -0.2) is 31.0 Å². The predicted molar refractivity (Wildman–Crippen MR) is 69.0 cm³/mol. The van der Waals surface area contributed by atoms with Gasteiger partial charge in [0.25, 0.3) is 0 Å². The van der Waals surface area contributed by atoms with E-state index >= 15 is 0 Å². The molecule has 2 aromatic heterocycles. The van der Waals surface area contributed by atoms with Gasteiger partial charge < -0.3 is 9.67 Å². The fraction of sp³-hybridized carbons (Fsp3) is 0.231. The zero-order valence-corrected chi connectivity index (χ0v) is 10.1. The van der Waals surface area contributed by atoms with Crippen LogP contribution < -0.4 is 0 Å². The lowest BCUT2D eigenvalue weighted by Gasteiger charge is -2.06. The Morgan fingerprint density at radius 2 is 2.17 bits per heavy atom. The Morgan fingerprint density at radius 1 is 1.28 bits per heavy atom. The van der Waals surface area contributed by atoms with Crippen molar-refractivity contribution in [1.29, 1.82) is 0 Å². The van der Waals surface area contributed by atoms with Crippen molar-refractivity contribution in [1.82, 2.24) is 19.3 Å². The highest BCUT2D eigenvalue weighted by Crippen LogP contribution is 2.27. The second-order valence-electron chi connectivity index (χ2n) is 4.20. The van der Waals surface area contributed by atoms with Crippen LogP contribution in [-0.2, 0) is 13.6 Å². The topological polar surface area (TPSA) is 55.9 Å². The van der Waals surface area contributed by atoms with E-state index in [-0.39, 0.29) is 6.61 Å². The molecule has 1 N–H and O–H groups in total. The molecular formula is C13H14N4O. The summed E-state index contributed by atoms with van der Waals surface area (Å²) in [6.45, 7) is 0.514. The molecule has 0 fully saturated rings. The Labute approximate surface area is 104 Å². The van der Waals surface area contributed by atoms with E-state index in [4.69, 9.17) is 5.11 Å². The van der Waals surface area contributed by atoms with E-state index in [0.717, 1.165) is 22.3 Å². The number of aromatic nitrogens is 4. The minimum Gasteiger partial charge on any atom is -0.394 e. The van der Waals surface area contributed by atoms with Crippen LogP contribution in [0.1, 0.15) is 0 Å². The molecule has 0 atom stereocenters. The lowest BCUT2D eigenvalue weighted by Crippen LogP contribution is -2.06. The Bertz CT molecular complexity index is 683. The van der Waals surface area contributed by atoms with E-state index in [1.807, 2.05) is 25.4 Å². The summed E-state index contributed by atoms with van der Waals surface area (Å²) in [5.41, 5.74) is 2.20. The Morgan fingerprint density at radius 3 is 3.00 bits per heavy atom. The van der Waals surface area contributed by atoms with Gasteiger partial charge in [-0.15, -0.1) is 0 Å². The lowest BCUT2D eigenvalue weighted by molar-refractivity contribution is 0.270. The molecule has 5 nitrogen and oxygen atoms in total. The maximum absolute atomic E-state index is 9.03. The van der Waals surface area contributed by atoms with Gasteiger partial charge in [-0.2, -0.15) is 5.10 Å². The summed E-state index contributed by atoms with van der Waals surface area (Å²) in [6, 6.07) is 8.18. The van der Waals surface area contributed by atoms with Gasteiger partial charge in [-0.25, -0.2) is 9.67 Å². The van der Waals surface area contributed by atoms with E-state index < -0.39 is 0 Å². The minimum absolute atomic E-state index is 0.0567. The molecule has 5 heteroatoms. The van der Waals surface area contributed by atoms with Crippen molar-refractivity contribution in [2.45, 2.75) is 6.54 Å². The molecule has 0 unspecified atom stereocenters. The first kappa shape index (κ1) is 11.0. The van der Waals surface area contributed by atoms with Gasteiger partial charge in [-0.3, -0.25) is 0 Å². The van der Waals surface area contributed by atoms with Gasteiger partial charge in [0, 0.05) is 29.7 Å². The maximum atomic E-state index is 9.03. The standard InChI is InChI=1S/C13H14N4O/c1-16-6-5-10-11(3-2-4-12(10)16)13-14-9-15-17(13)7-8-18/h2-6,9,18H,7-8H2,1H3. The highest BCUT2D eigenvalue weighted by molar-refractivity contribution is 5.93. The van der Waals surface area contributed by atoms with Crippen molar-refractivity contribution in [2.24, 2.45) is 7.05 Å². The fourth-order valence-electron chi connectivity index (χ4n) is 2.23. The first-order valence-electron chi connectivity index (χ1n) is 5.84. The van der Waals surface area contributed by atoms with E-state index in [9.17, 15) is 0 Å². The molecule has 0 aliphatic heterocycles. The number of rotatable bonds is 3. The Kier molecular flexibility index (Phi) is 2.60. The summed E-state index contributed by atoms with van der Waals surface area (Å²) in [6.07, 6.45) is 3.55. The molecule has 0 saturated heterocycles. The molecule has 0 aliphatic rings. The number of nitrogens with zero attached hydrogens (tertiary/aromatic N) is 4. The van der Waals surface area contributed by atoms with Gasteiger partial charge in [0.1, 0.15) is 6.33 Å². The van der Waals surface area contributed by atoms with Crippen LogP contribution in [0.5, 0.6) is 0 Å². The summed E-state index contributed by atoms with van der Waals surface area (Å²) in [5, 5.41) is 14.3. The number of benzene rings is 1. The fourth-order valence-corrected chi connectivity index (χ4v) is 2.23. The summed E-state index contributed by atoms with van der Waals surface area (Å²) in [7, 11) is 2.02. The van der Waals surface area contributed by atoms with Gasteiger partial charge in [0.2, 0.25) is 0 Å². The number of hydrogen-bond donors (Lipinski definition) is 1. The molecule has 3 rings (SSSR count). The van der Waals surface area contributed by atoms with E-state index in [1.165, 1.54) is 6.33 Å². The normalized spacial score (nSPS) is 11.2. The number of fused-ring (bicyclic) bond motifs is 1. The molecule has 1 aromatic carbocycles. The average molecular weight is 242 g/mol. The van der Waals surface area contributed by atoms with Gasteiger partial charge in [-0.1, -0.05) is 12.1 Å². The van der Waals surface area contributed by atoms with Crippen molar-refractivity contribution in [3.63, 3.8) is 0 Å². The van der Waals surface area contributed by atoms with Crippen molar-refractivity contribution in [3.05, 3.63) is 36.8 Å². The lowest BCUT2D eigenvalue weighted by atomic mass is 10.1. The zero-order chi connectivity index (χ0) is 12.5. The third-order valence-corrected chi connectivity index (χ3v) is 3.10. The Hall–Kier alpha value is -2.14. The molecular weight excluding hydrogens is 228 g/mol. The second-order valence-corrected chi connectivity index (χ2v) is 4.20. The summed E-state index contributed by atoms with van der Waals surface area (Å²) < 4.78 is 3.80. The molecule has 0 radical (unpaired) electrons. The van der Waals surface area contributed by atoms with Gasteiger partial charge in [0.05, 0.1) is 13.2 Å². The third-order valence-electron chi connectivity index (χ3n) is 3.10. The minimum atomic E-state index is 0.0567. The molecule has 92 valence electrons. The average Bonchev–Trinajstić information content (AvgIpc) is 2.98. The van der Waals surface area contributed by atoms with Crippen molar-refractivity contribution in [3.8, 4) is 11.4 Å². The zero-order valence-electron chi connectivity index (χ0n) is 10.1. The monoisotopic (exact) mass is 242 g/mol. The highest BCUT2D eigenvalue weighted by Gasteiger charge is 2.11. The molecule has 0 bridgehead atoms. The van der Waals surface area contributed by atoms with Crippen LogP contribution in [0.2, 0.25) is 0 Å². The summed E-state index contributed by atoms with van der Waals surface area (Å²) in [4.78, 5) is 4.30. The number of hydrogen-bond acceptors (Lipinski definition) is 3. The van der Waals surface area contributed by atoms with Crippen molar-refractivity contribution in [2.75, 3.05) is 6.61 Å². The molecule has 0 amide bonds.